The van der Waals surface area contributed by atoms with E-state index in [2.05, 4.69) is 11.4 Å². The van der Waals surface area contributed by atoms with Crippen LogP contribution in [-0.4, -0.2) is 24.8 Å². The molecule has 0 saturated heterocycles. The first-order chi connectivity index (χ1) is 19.0. The minimum absolute atomic E-state index is 0.00265. The van der Waals surface area contributed by atoms with Crippen LogP contribution < -0.4 is 10.2 Å². The molecule has 2 atom stereocenters. The number of amides is 1. The molecule has 7 heteroatoms. The Morgan fingerprint density at radius 2 is 1.62 bits per heavy atom. The minimum Gasteiger partial charge on any atom is -0.465 e. The fraction of sp³-hybridized carbons (Fsp3) is 0.156. The lowest BCUT2D eigenvalue weighted by molar-refractivity contribution is -0.116. The number of nitrogens with zero attached hydrogens (tertiary/aromatic N) is 1. The van der Waals surface area contributed by atoms with Crippen LogP contribution in [0.3, 0.4) is 0 Å². The van der Waals surface area contributed by atoms with E-state index in [0.29, 0.717) is 35.2 Å². The van der Waals surface area contributed by atoms with Crippen molar-refractivity contribution in [3.8, 4) is 0 Å². The van der Waals surface area contributed by atoms with Crippen LogP contribution >= 0.6 is 11.3 Å². The number of benzene rings is 3. The monoisotopic (exact) mass is 534 g/mol. The maximum Gasteiger partial charge on any atom is 0.337 e. The van der Waals surface area contributed by atoms with Crippen LogP contribution in [0.25, 0.3) is 0 Å². The molecule has 1 aliphatic heterocycles. The number of Topliss-reactive ketones (excluding diaryl/α,β-unsaturated/α-hetero) is 1. The molecule has 6 nitrogen and oxygen atoms in total. The zero-order chi connectivity index (χ0) is 26.9. The smallest absolute Gasteiger partial charge is 0.337 e. The second-order valence-electron chi connectivity index (χ2n) is 9.64. The molecule has 0 bridgehead atoms. The first-order valence-corrected chi connectivity index (χ1v) is 13.7. The predicted octanol–water partition coefficient (Wildman–Crippen LogP) is 6.75. The largest absolute Gasteiger partial charge is 0.465 e. The number of hydrogen-bond donors (Lipinski definition) is 1. The average molecular weight is 535 g/mol. The number of fused-ring (bicyclic) bond motifs is 1. The number of carbonyl (C=O) groups is 3. The second kappa shape index (κ2) is 10.3. The van der Waals surface area contributed by atoms with Gasteiger partial charge in [0.1, 0.15) is 0 Å². The zero-order valence-corrected chi connectivity index (χ0v) is 22.1. The van der Waals surface area contributed by atoms with E-state index in [1.165, 1.54) is 12.0 Å². The Bertz CT molecular complexity index is 1580. The van der Waals surface area contributed by atoms with E-state index in [-0.39, 0.29) is 17.6 Å². The van der Waals surface area contributed by atoms with Crippen molar-refractivity contribution in [1.82, 2.24) is 0 Å². The van der Waals surface area contributed by atoms with Gasteiger partial charge in [-0.15, -0.1) is 11.3 Å². The van der Waals surface area contributed by atoms with E-state index >= 15 is 0 Å². The van der Waals surface area contributed by atoms with Crippen LogP contribution in [0, 0.1) is 0 Å². The number of para-hydroxylation sites is 2. The highest BCUT2D eigenvalue weighted by Gasteiger charge is 2.42. The van der Waals surface area contributed by atoms with Gasteiger partial charge in [0, 0.05) is 34.0 Å². The molecule has 1 N–H and O–H groups in total. The fourth-order valence-corrected chi connectivity index (χ4v) is 6.32. The van der Waals surface area contributed by atoms with Gasteiger partial charge in [0.15, 0.2) is 5.78 Å². The molecule has 4 aromatic rings. The van der Waals surface area contributed by atoms with Gasteiger partial charge in [-0.05, 0) is 59.8 Å². The highest BCUT2D eigenvalue weighted by Crippen LogP contribution is 2.48. The van der Waals surface area contributed by atoms with Crippen molar-refractivity contribution in [2.45, 2.75) is 24.8 Å². The van der Waals surface area contributed by atoms with E-state index in [1.54, 1.807) is 52.6 Å². The van der Waals surface area contributed by atoms with E-state index in [1.807, 2.05) is 53.9 Å². The first-order valence-electron chi connectivity index (χ1n) is 12.8. The molecule has 2 aliphatic rings. The minimum atomic E-state index is -0.688. The zero-order valence-electron chi connectivity index (χ0n) is 21.3. The normalized spacial score (nSPS) is 18.5. The summed E-state index contributed by atoms with van der Waals surface area (Å²) >= 11 is 1.66. The number of nitrogens with one attached hydrogen (secondary N) is 1. The van der Waals surface area contributed by atoms with Crippen molar-refractivity contribution in [2.75, 3.05) is 17.3 Å². The highest BCUT2D eigenvalue weighted by molar-refractivity contribution is 7.10. The van der Waals surface area contributed by atoms with Crippen LogP contribution in [0.1, 0.15) is 56.0 Å². The summed E-state index contributed by atoms with van der Waals surface area (Å²) in [6.07, 6.45) is 1.02. The lowest BCUT2D eigenvalue weighted by atomic mass is 9.80. The Kier molecular flexibility index (Phi) is 6.59. The summed E-state index contributed by atoms with van der Waals surface area (Å²) in [5, 5.41) is 5.59. The number of anilines is 2. The van der Waals surface area contributed by atoms with Gasteiger partial charge >= 0.3 is 5.97 Å². The van der Waals surface area contributed by atoms with E-state index in [4.69, 9.17) is 4.74 Å². The third-order valence-electron chi connectivity index (χ3n) is 7.32. The van der Waals surface area contributed by atoms with Gasteiger partial charge in [0.25, 0.3) is 5.91 Å². The molecule has 0 radical (unpaired) electrons. The number of ether oxygens (including phenoxy) is 1. The molecule has 1 amide bonds. The molecule has 2 heterocycles. The lowest BCUT2D eigenvalue weighted by Gasteiger charge is -2.35. The number of carbonyl (C=O) groups excluding carboxylic acids is 3. The van der Waals surface area contributed by atoms with Crippen molar-refractivity contribution in [3.63, 3.8) is 0 Å². The third-order valence-corrected chi connectivity index (χ3v) is 8.36. The summed E-state index contributed by atoms with van der Waals surface area (Å²) in [6, 6.07) is 27.1. The summed E-state index contributed by atoms with van der Waals surface area (Å²) in [4.78, 5) is 43.3. The molecule has 0 saturated carbocycles. The summed E-state index contributed by atoms with van der Waals surface area (Å²) in [7, 11) is 1.34. The number of ketones is 1. The summed E-state index contributed by atoms with van der Waals surface area (Å²) in [5.41, 5.74) is 4.51. The molecule has 0 fully saturated rings. The van der Waals surface area contributed by atoms with E-state index in [9.17, 15) is 14.4 Å². The maximum absolute atomic E-state index is 14.2. The number of rotatable bonds is 4. The number of esters is 1. The number of hydrogen-bond acceptors (Lipinski definition) is 6. The number of thiophene rings is 1. The molecular weight excluding hydrogens is 508 g/mol. The van der Waals surface area contributed by atoms with Crippen LogP contribution in [0.15, 0.2) is 108 Å². The Morgan fingerprint density at radius 3 is 2.33 bits per heavy atom. The van der Waals surface area contributed by atoms with Crippen LogP contribution in [-0.2, 0) is 9.53 Å². The maximum atomic E-state index is 14.2. The Morgan fingerprint density at radius 1 is 0.872 bits per heavy atom. The van der Waals surface area contributed by atoms with Crippen molar-refractivity contribution in [1.29, 1.82) is 0 Å². The molecule has 194 valence electrons. The van der Waals surface area contributed by atoms with Gasteiger partial charge < -0.3 is 10.1 Å². The summed E-state index contributed by atoms with van der Waals surface area (Å²) < 4.78 is 4.88. The lowest BCUT2D eigenvalue weighted by Crippen LogP contribution is -2.38. The number of allylic oxidation sites excluding steroid dienone is 1. The first kappa shape index (κ1) is 24.8. The van der Waals surface area contributed by atoms with Gasteiger partial charge in [-0.2, -0.15) is 0 Å². The molecule has 1 aromatic heterocycles. The van der Waals surface area contributed by atoms with Crippen LogP contribution in [0.5, 0.6) is 0 Å². The molecule has 1 aliphatic carbocycles. The Labute approximate surface area is 230 Å². The molecule has 6 rings (SSSR count). The van der Waals surface area contributed by atoms with Gasteiger partial charge in [-0.25, -0.2) is 4.79 Å². The standard InChI is InChI=1S/C32H26N2O4S/c1-38-32(37)22-15-13-20(14-16-22)30-29-25(18-23(19-27(29)35)28-12-7-17-39-28)33-24-10-5-6-11-26(24)34(30)31(36)21-8-3-2-4-9-21/h2-17,23,30,33H,18-19H2,1H3/t23-,30+/m1/s1. The fourth-order valence-electron chi connectivity index (χ4n) is 5.49. The van der Waals surface area contributed by atoms with Gasteiger partial charge in [0.2, 0.25) is 0 Å². The summed E-state index contributed by atoms with van der Waals surface area (Å²) in [6.45, 7) is 0. The quantitative estimate of drug-likeness (QED) is 0.293. The molecular formula is C32H26N2O4S. The molecule has 0 unspecified atom stereocenters. The van der Waals surface area contributed by atoms with Crippen molar-refractivity contribution >= 4 is 40.4 Å². The van der Waals surface area contributed by atoms with Crippen molar-refractivity contribution in [2.24, 2.45) is 0 Å². The third kappa shape index (κ3) is 4.55. The van der Waals surface area contributed by atoms with Crippen molar-refractivity contribution in [3.05, 3.63) is 129 Å². The second-order valence-corrected chi connectivity index (χ2v) is 10.6. The topological polar surface area (TPSA) is 75.7 Å². The Hall–Kier alpha value is -4.49. The van der Waals surface area contributed by atoms with E-state index in [0.717, 1.165) is 16.9 Å². The van der Waals surface area contributed by atoms with Gasteiger partial charge in [-0.1, -0.05) is 48.5 Å². The molecule has 0 spiro atoms. The highest BCUT2D eigenvalue weighted by atomic mass is 32.1. The SMILES string of the molecule is COC(=O)c1ccc([C@H]2C3=C(C[C@@H](c4cccs4)CC3=O)Nc3ccccc3N2C(=O)c2ccccc2)cc1. The predicted molar refractivity (Wildman–Crippen MR) is 152 cm³/mol. The van der Waals surface area contributed by atoms with Crippen molar-refractivity contribution < 1.29 is 19.1 Å². The van der Waals surface area contributed by atoms with Gasteiger partial charge in [-0.3, -0.25) is 14.5 Å². The Balaban J connectivity index is 1.56. The number of methoxy groups -OCH3 is 1. The molecule has 3 aromatic carbocycles. The average Bonchev–Trinajstić information content (AvgIpc) is 3.47. The van der Waals surface area contributed by atoms with Gasteiger partial charge in [0.05, 0.1) is 30.1 Å². The molecule has 39 heavy (non-hydrogen) atoms. The van der Waals surface area contributed by atoms with E-state index < -0.39 is 12.0 Å². The van der Waals surface area contributed by atoms with Crippen LogP contribution in [0.2, 0.25) is 0 Å². The van der Waals surface area contributed by atoms with Crippen LogP contribution in [0.4, 0.5) is 11.4 Å². The summed E-state index contributed by atoms with van der Waals surface area (Å²) in [5.74, 6) is -0.592.